The summed E-state index contributed by atoms with van der Waals surface area (Å²) in [7, 11) is -1.39. The smallest absolute Gasteiger partial charge is 0.0443 e. The fourth-order valence-electron chi connectivity index (χ4n) is 0.632. The van der Waals surface area contributed by atoms with E-state index in [1.807, 2.05) is 0 Å². The fraction of sp³-hybridized carbons (Fsp3) is 1.00. The highest BCUT2D eigenvalue weighted by molar-refractivity contribution is 6.76. The van der Waals surface area contributed by atoms with Crippen molar-refractivity contribution >= 4 is 16.1 Å². The highest BCUT2D eigenvalue weighted by atomic mass is 28.3. The minimum absolute atomic E-state index is 0.631. The van der Waals surface area contributed by atoms with Crippen molar-refractivity contribution in [1.29, 1.82) is 0 Å². The second-order valence-electron chi connectivity index (χ2n) is 6.37. The molecule has 0 atom stereocenters. The van der Waals surface area contributed by atoms with Gasteiger partial charge in [-0.05, 0) is 13.0 Å². The molecule has 0 fully saturated rings. The number of rotatable bonds is 4. The van der Waals surface area contributed by atoms with Crippen LogP contribution < -0.4 is 5.73 Å². The molecule has 0 spiro atoms. The quantitative estimate of drug-likeness (QED) is 0.729. The first kappa shape index (κ1) is 16.8. The summed E-state index contributed by atoms with van der Waals surface area (Å²) in [5, 5.41) is 0. The summed E-state index contributed by atoms with van der Waals surface area (Å²) in [5.41, 5.74) is 5.36. The standard InChI is InChI=1S/C6H17NSi.C5H14Si/c1-8(2,3)6-4-5-7;1-5-6(2,3)4/h4-7H2,1-3H3;5H2,1-4H3. The van der Waals surface area contributed by atoms with Crippen molar-refractivity contribution in [2.45, 2.75) is 64.7 Å². The van der Waals surface area contributed by atoms with E-state index in [1.165, 1.54) is 18.5 Å². The minimum atomic E-state index is -0.758. The topological polar surface area (TPSA) is 26.0 Å². The Morgan fingerprint density at radius 3 is 1.29 bits per heavy atom. The highest BCUT2D eigenvalue weighted by Gasteiger charge is 2.10. The van der Waals surface area contributed by atoms with Crippen LogP contribution in [-0.4, -0.2) is 22.7 Å². The van der Waals surface area contributed by atoms with E-state index >= 15 is 0 Å². The van der Waals surface area contributed by atoms with Crippen molar-refractivity contribution < 1.29 is 0 Å². The average Bonchev–Trinajstić information content (AvgIpc) is 1.99. The van der Waals surface area contributed by atoms with E-state index < -0.39 is 16.1 Å². The molecule has 0 bridgehead atoms. The van der Waals surface area contributed by atoms with Gasteiger partial charge in [-0.1, -0.05) is 58.3 Å². The van der Waals surface area contributed by atoms with Crippen molar-refractivity contribution in [3.05, 3.63) is 0 Å². The molecule has 0 aromatic carbocycles. The fourth-order valence-corrected chi connectivity index (χ4v) is 1.90. The Morgan fingerprint density at radius 1 is 0.857 bits per heavy atom. The SMILES string of the molecule is CC[Si](C)(C)C.C[Si](C)(C)CCCN. The Kier molecular flexibility index (Phi) is 9.19. The van der Waals surface area contributed by atoms with Crippen LogP contribution in [0.4, 0.5) is 0 Å². The lowest BCUT2D eigenvalue weighted by molar-refractivity contribution is 0.912. The number of nitrogens with two attached hydrogens (primary N) is 1. The van der Waals surface area contributed by atoms with Crippen molar-refractivity contribution in [2.24, 2.45) is 5.73 Å². The average molecular weight is 234 g/mol. The lowest BCUT2D eigenvalue weighted by Crippen LogP contribution is -2.20. The van der Waals surface area contributed by atoms with Crippen LogP contribution in [0.2, 0.25) is 51.4 Å². The zero-order valence-corrected chi connectivity index (χ0v) is 13.4. The Morgan fingerprint density at radius 2 is 1.21 bits per heavy atom. The maximum absolute atomic E-state index is 5.36. The summed E-state index contributed by atoms with van der Waals surface area (Å²) in [6.07, 6.45) is 1.22. The third-order valence-corrected chi connectivity index (χ3v) is 6.17. The first-order valence-corrected chi connectivity index (χ1v) is 13.2. The summed E-state index contributed by atoms with van der Waals surface area (Å²) in [6, 6.07) is 2.79. The van der Waals surface area contributed by atoms with Gasteiger partial charge in [0, 0.05) is 16.1 Å². The Bertz CT molecular complexity index is 122. The van der Waals surface area contributed by atoms with Crippen molar-refractivity contribution in [3.63, 3.8) is 0 Å². The van der Waals surface area contributed by atoms with E-state index in [9.17, 15) is 0 Å². The molecule has 0 aliphatic carbocycles. The maximum atomic E-state index is 5.36. The van der Waals surface area contributed by atoms with E-state index in [-0.39, 0.29) is 0 Å². The zero-order valence-electron chi connectivity index (χ0n) is 11.4. The van der Waals surface area contributed by atoms with E-state index in [0.717, 1.165) is 6.54 Å². The Labute approximate surface area is 93.5 Å². The molecule has 0 radical (unpaired) electrons. The van der Waals surface area contributed by atoms with Crippen molar-refractivity contribution in [1.82, 2.24) is 0 Å². The van der Waals surface area contributed by atoms with Crippen LogP contribution in [0.5, 0.6) is 0 Å². The first-order valence-electron chi connectivity index (χ1n) is 5.82. The molecular formula is C11H31NSi2. The monoisotopic (exact) mass is 233 g/mol. The van der Waals surface area contributed by atoms with Crippen LogP contribution >= 0.6 is 0 Å². The Balaban J connectivity index is 0. The molecule has 0 aliphatic rings. The molecule has 0 aliphatic heterocycles. The van der Waals surface area contributed by atoms with E-state index in [4.69, 9.17) is 5.73 Å². The predicted molar refractivity (Wildman–Crippen MR) is 75.7 cm³/mol. The van der Waals surface area contributed by atoms with Gasteiger partial charge in [-0.2, -0.15) is 0 Å². The summed E-state index contributed by atoms with van der Waals surface area (Å²) in [6.45, 7) is 17.4. The molecule has 88 valence electrons. The molecule has 2 N–H and O–H groups in total. The van der Waals surface area contributed by atoms with Crippen LogP contribution in [0.3, 0.4) is 0 Å². The van der Waals surface area contributed by atoms with Gasteiger partial charge in [0.05, 0.1) is 0 Å². The highest BCUT2D eigenvalue weighted by Crippen LogP contribution is 2.09. The molecule has 0 heterocycles. The maximum Gasteiger partial charge on any atom is 0.0443 e. The van der Waals surface area contributed by atoms with E-state index in [2.05, 4.69) is 46.2 Å². The molecular weight excluding hydrogens is 202 g/mol. The van der Waals surface area contributed by atoms with Crippen molar-refractivity contribution in [3.8, 4) is 0 Å². The Hall–Kier alpha value is 0.394. The lowest BCUT2D eigenvalue weighted by atomic mass is 10.5. The van der Waals surface area contributed by atoms with Gasteiger partial charge in [-0.25, -0.2) is 0 Å². The van der Waals surface area contributed by atoms with Gasteiger partial charge < -0.3 is 5.73 Å². The molecule has 1 nitrogen and oxygen atoms in total. The second-order valence-corrected chi connectivity index (χ2v) is 17.8. The van der Waals surface area contributed by atoms with Crippen LogP contribution in [0, 0.1) is 0 Å². The molecule has 0 saturated heterocycles. The summed E-state index contributed by atoms with van der Waals surface area (Å²) < 4.78 is 0. The molecule has 0 aromatic heterocycles. The molecule has 0 saturated carbocycles. The van der Waals surface area contributed by atoms with Gasteiger partial charge in [0.25, 0.3) is 0 Å². The summed E-state index contributed by atoms with van der Waals surface area (Å²) in [5.74, 6) is 0. The van der Waals surface area contributed by atoms with Crippen LogP contribution in [0.25, 0.3) is 0 Å². The first-order chi connectivity index (χ1) is 6.12. The number of hydrogen-bond donors (Lipinski definition) is 1. The predicted octanol–water partition coefficient (Wildman–Crippen LogP) is 4.02. The lowest BCUT2D eigenvalue weighted by Gasteiger charge is -2.13. The zero-order chi connectivity index (χ0) is 11.8. The molecule has 0 amide bonds. The third-order valence-electron chi connectivity index (χ3n) is 2.19. The van der Waals surface area contributed by atoms with Crippen LogP contribution in [0.1, 0.15) is 13.3 Å². The summed E-state index contributed by atoms with van der Waals surface area (Å²) in [4.78, 5) is 0. The van der Waals surface area contributed by atoms with Crippen LogP contribution in [-0.2, 0) is 0 Å². The van der Waals surface area contributed by atoms with Gasteiger partial charge in [-0.3, -0.25) is 0 Å². The van der Waals surface area contributed by atoms with E-state index in [0.29, 0.717) is 0 Å². The second kappa shape index (κ2) is 7.66. The molecule has 0 unspecified atom stereocenters. The van der Waals surface area contributed by atoms with Gasteiger partial charge in [0.15, 0.2) is 0 Å². The van der Waals surface area contributed by atoms with Gasteiger partial charge in [0.1, 0.15) is 0 Å². The molecule has 0 aromatic rings. The molecule has 14 heavy (non-hydrogen) atoms. The summed E-state index contributed by atoms with van der Waals surface area (Å²) >= 11 is 0. The van der Waals surface area contributed by atoms with Crippen molar-refractivity contribution in [2.75, 3.05) is 6.54 Å². The largest absolute Gasteiger partial charge is 0.330 e. The van der Waals surface area contributed by atoms with Gasteiger partial charge >= 0.3 is 0 Å². The molecule has 0 rings (SSSR count). The third kappa shape index (κ3) is 22.8. The van der Waals surface area contributed by atoms with Crippen LogP contribution in [0.15, 0.2) is 0 Å². The molecule has 3 heteroatoms. The van der Waals surface area contributed by atoms with Gasteiger partial charge in [0.2, 0.25) is 0 Å². The normalized spacial score (nSPS) is 12.0. The number of hydrogen-bond acceptors (Lipinski definition) is 1. The van der Waals surface area contributed by atoms with E-state index in [1.54, 1.807) is 0 Å². The van der Waals surface area contributed by atoms with Gasteiger partial charge in [-0.15, -0.1) is 0 Å². The minimum Gasteiger partial charge on any atom is -0.330 e.